The molecular formula is C33H38N8O6S. The molecule has 0 unspecified atom stereocenters. The molecule has 4 bridgehead atoms. The van der Waals surface area contributed by atoms with Crippen LogP contribution >= 0.6 is 11.3 Å². The number of oxazole rings is 1. The van der Waals surface area contributed by atoms with Gasteiger partial charge in [-0.1, -0.05) is 44.2 Å². The van der Waals surface area contributed by atoms with E-state index >= 15 is 0 Å². The third-order valence-electron chi connectivity index (χ3n) is 7.86. The Hall–Kier alpha value is -5.18. The molecule has 4 amide bonds. The van der Waals surface area contributed by atoms with E-state index in [0.29, 0.717) is 17.3 Å². The minimum Gasteiger partial charge on any atom is -0.443 e. The summed E-state index contributed by atoms with van der Waals surface area (Å²) >= 11 is 1.24. The fraction of sp³-hybridized carbons (Fsp3) is 0.394. The van der Waals surface area contributed by atoms with Crippen LogP contribution in [-0.4, -0.2) is 68.1 Å². The summed E-state index contributed by atoms with van der Waals surface area (Å²) in [7, 11) is 0. The molecule has 0 fully saturated rings. The van der Waals surface area contributed by atoms with E-state index in [-0.39, 0.29) is 72.9 Å². The first kappa shape index (κ1) is 34.2. The van der Waals surface area contributed by atoms with Crippen molar-refractivity contribution < 1.29 is 23.6 Å². The molecule has 3 aromatic heterocycles. The number of fused-ring (bicyclic) bond motifs is 4. The summed E-state index contributed by atoms with van der Waals surface area (Å²) in [6.45, 7) is 7.35. The molecule has 14 nitrogen and oxygen atoms in total. The van der Waals surface area contributed by atoms with Crippen molar-refractivity contribution in [2.24, 2.45) is 5.92 Å². The number of carbonyl (C=O) groups is 4. The van der Waals surface area contributed by atoms with Crippen LogP contribution in [0.3, 0.4) is 0 Å². The lowest BCUT2D eigenvalue weighted by molar-refractivity contribution is -0.122. The van der Waals surface area contributed by atoms with Gasteiger partial charge in [0.25, 0.3) is 23.3 Å². The lowest BCUT2D eigenvalue weighted by Gasteiger charge is -2.23. The van der Waals surface area contributed by atoms with Crippen LogP contribution in [-0.2, 0) is 11.2 Å². The summed E-state index contributed by atoms with van der Waals surface area (Å²) in [6.07, 6.45) is 1.87. The molecule has 0 radical (unpaired) electrons. The maximum atomic E-state index is 13.5. The molecule has 15 heteroatoms. The van der Waals surface area contributed by atoms with Crippen molar-refractivity contribution in [3.63, 3.8) is 0 Å². The Morgan fingerprint density at radius 2 is 1.81 bits per heavy atom. The lowest BCUT2D eigenvalue weighted by Crippen LogP contribution is -2.41. The van der Waals surface area contributed by atoms with Gasteiger partial charge in [0.2, 0.25) is 11.8 Å². The molecule has 1 aliphatic rings. The van der Waals surface area contributed by atoms with E-state index in [4.69, 9.17) is 4.42 Å². The molecule has 4 heterocycles. The number of aryl methyl sites for hydroxylation is 2. The minimum atomic E-state index is -0.682. The van der Waals surface area contributed by atoms with Crippen LogP contribution in [0.15, 0.2) is 51.1 Å². The highest BCUT2D eigenvalue weighted by Crippen LogP contribution is 2.27. The summed E-state index contributed by atoms with van der Waals surface area (Å²) in [5, 5.41) is 10.9. The van der Waals surface area contributed by atoms with Gasteiger partial charge in [-0.2, -0.15) is 0 Å². The summed E-state index contributed by atoms with van der Waals surface area (Å²) < 4.78 is 5.98. The average Bonchev–Trinajstić information content (AvgIpc) is 3.69. The predicted molar refractivity (Wildman–Crippen MR) is 176 cm³/mol. The van der Waals surface area contributed by atoms with Gasteiger partial charge >= 0.3 is 0 Å². The van der Waals surface area contributed by atoms with Crippen LogP contribution in [0.1, 0.15) is 98.2 Å². The lowest BCUT2D eigenvalue weighted by atomic mass is 10.0. The van der Waals surface area contributed by atoms with Crippen molar-refractivity contribution in [1.82, 2.24) is 40.8 Å². The Kier molecular flexibility index (Phi) is 10.8. The number of aromatic amines is 1. The first-order chi connectivity index (χ1) is 23.0. The Morgan fingerprint density at radius 1 is 1.04 bits per heavy atom. The monoisotopic (exact) mass is 674 g/mol. The summed E-state index contributed by atoms with van der Waals surface area (Å²) in [5.74, 6) is -1.05. The number of benzene rings is 1. The zero-order valence-corrected chi connectivity index (χ0v) is 28.0. The second kappa shape index (κ2) is 15.2. The predicted octanol–water partition coefficient (Wildman–Crippen LogP) is 3.02. The highest BCUT2D eigenvalue weighted by Gasteiger charge is 2.29. The van der Waals surface area contributed by atoms with E-state index in [1.807, 2.05) is 44.2 Å². The fourth-order valence-corrected chi connectivity index (χ4v) is 6.32. The molecule has 2 atom stereocenters. The Balaban J connectivity index is 1.46. The van der Waals surface area contributed by atoms with Gasteiger partial charge in [-0.05, 0) is 31.7 Å². The second-order valence-corrected chi connectivity index (χ2v) is 12.8. The SMILES string of the molecule is Cc1ncc(C(=O)N2CCCC(=O)N[C@@H](Cc3ccccc3)c3nc(c(C)o3)C(=O)N[C@@H](C(C)C)c3nc(cs3)C(=O)NCC2)c(=O)[nH]1. The molecule has 0 saturated heterocycles. The largest absolute Gasteiger partial charge is 0.443 e. The van der Waals surface area contributed by atoms with Crippen molar-refractivity contribution in [2.75, 3.05) is 19.6 Å². The van der Waals surface area contributed by atoms with E-state index in [1.165, 1.54) is 22.4 Å². The zero-order chi connectivity index (χ0) is 34.4. The summed E-state index contributed by atoms with van der Waals surface area (Å²) in [6, 6.07) is 8.31. The van der Waals surface area contributed by atoms with Gasteiger partial charge in [-0.15, -0.1) is 11.3 Å². The van der Waals surface area contributed by atoms with Crippen LogP contribution in [0.25, 0.3) is 0 Å². The number of thiazole rings is 1. The number of hydrogen-bond donors (Lipinski definition) is 4. The molecule has 0 spiro atoms. The molecule has 48 heavy (non-hydrogen) atoms. The normalized spacial score (nSPS) is 18.2. The number of nitrogens with zero attached hydrogens (tertiary/aromatic N) is 4. The van der Waals surface area contributed by atoms with Crippen LogP contribution in [0.5, 0.6) is 0 Å². The van der Waals surface area contributed by atoms with E-state index in [9.17, 15) is 24.0 Å². The Labute approximate surface area is 280 Å². The smallest absolute Gasteiger partial charge is 0.274 e. The third kappa shape index (κ3) is 8.20. The topological polar surface area (TPSA) is 192 Å². The quantitative estimate of drug-likeness (QED) is 0.252. The third-order valence-corrected chi connectivity index (χ3v) is 8.79. The molecule has 4 N–H and O–H groups in total. The average molecular weight is 675 g/mol. The molecule has 252 valence electrons. The molecule has 1 aliphatic heterocycles. The Morgan fingerprint density at radius 3 is 2.54 bits per heavy atom. The first-order valence-electron chi connectivity index (χ1n) is 15.7. The van der Waals surface area contributed by atoms with E-state index in [1.54, 1.807) is 19.2 Å². The van der Waals surface area contributed by atoms with E-state index in [2.05, 4.69) is 35.9 Å². The van der Waals surface area contributed by atoms with Crippen molar-refractivity contribution in [2.45, 2.75) is 59.0 Å². The zero-order valence-electron chi connectivity index (χ0n) is 27.2. The van der Waals surface area contributed by atoms with Crippen molar-refractivity contribution in [3.8, 4) is 0 Å². The summed E-state index contributed by atoms with van der Waals surface area (Å²) in [4.78, 5) is 82.9. The Bertz CT molecular complexity index is 1850. The minimum absolute atomic E-state index is 0.0363. The van der Waals surface area contributed by atoms with Crippen LogP contribution in [0, 0.1) is 19.8 Å². The van der Waals surface area contributed by atoms with Gasteiger partial charge in [0, 0.05) is 44.1 Å². The number of aromatic nitrogens is 4. The van der Waals surface area contributed by atoms with E-state index in [0.717, 1.165) is 5.56 Å². The fourth-order valence-electron chi connectivity index (χ4n) is 5.30. The molecule has 0 saturated carbocycles. The maximum Gasteiger partial charge on any atom is 0.274 e. The number of hydrogen-bond acceptors (Lipinski definition) is 10. The molecular weight excluding hydrogens is 636 g/mol. The number of nitrogens with one attached hydrogen (secondary N) is 4. The van der Waals surface area contributed by atoms with Gasteiger partial charge in [-0.25, -0.2) is 15.0 Å². The van der Waals surface area contributed by atoms with Crippen LogP contribution < -0.4 is 21.5 Å². The first-order valence-corrected chi connectivity index (χ1v) is 16.6. The van der Waals surface area contributed by atoms with Crippen LogP contribution in [0.2, 0.25) is 0 Å². The van der Waals surface area contributed by atoms with Gasteiger partial charge in [0.15, 0.2) is 5.69 Å². The van der Waals surface area contributed by atoms with Crippen molar-refractivity contribution in [1.29, 1.82) is 0 Å². The van der Waals surface area contributed by atoms with Gasteiger partial charge in [0.05, 0.1) is 6.04 Å². The molecule has 0 aliphatic carbocycles. The number of H-pyrrole nitrogens is 1. The highest BCUT2D eigenvalue weighted by molar-refractivity contribution is 7.09. The maximum absolute atomic E-state index is 13.5. The highest BCUT2D eigenvalue weighted by atomic mass is 32.1. The van der Waals surface area contributed by atoms with Gasteiger partial charge in [0.1, 0.15) is 33.9 Å². The number of carbonyl (C=O) groups excluding carboxylic acids is 4. The molecule has 4 aromatic rings. The van der Waals surface area contributed by atoms with E-state index < -0.39 is 35.4 Å². The van der Waals surface area contributed by atoms with Crippen molar-refractivity contribution >= 4 is 35.0 Å². The van der Waals surface area contributed by atoms with Gasteiger partial charge < -0.3 is 30.3 Å². The van der Waals surface area contributed by atoms with Crippen LogP contribution in [0.4, 0.5) is 0 Å². The second-order valence-electron chi connectivity index (χ2n) is 11.9. The number of rotatable bonds is 4. The van der Waals surface area contributed by atoms with Gasteiger partial charge in [-0.3, -0.25) is 24.0 Å². The molecule has 1 aromatic carbocycles. The molecule has 5 rings (SSSR count). The number of amides is 4. The summed E-state index contributed by atoms with van der Waals surface area (Å²) in [5.41, 5.74) is 0.458. The standard InChI is InChI=1S/C33H38N8O6S/c1-18(2)26-32-38-24(17-48-32)29(44)34-12-14-41(33(46)22-16-35-20(4)36-28(22)43)13-8-11-25(42)37-23(15-21-9-6-5-7-10-21)31-40-27(19(3)47-31)30(45)39-26/h5-7,9-10,16-18,23,26H,8,11-15H2,1-4H3,(H,34,44)(H,37,42)(H,39,45)(H,35,36,43)/t23-,26-/m0/s1. The van der Waals surface area contributed by atoms with Crippen molar-refractivity contribution in [3.05, 3.63) is 97.3 Å².